The van der Waals surface area contributed by atoms with Crippen LogP contribution in [-0.2, 0) is 6.54 Å². The molecule has 1 aromatic carbocycles. The van der Waals surface area contributed by atoms with Gasteiger partial charge in [-0.25, -0.2) is 9.97 Å². The van der Waals surface area contributed by atoms with E-state index in [1.54, 1.807) is 25.7 Å². The molecular formula is C22H27N5O3. The smallest absolute Gasteiger partial charge is 0.255 e. The Morgan fingerprint density at radius 2 is 1.90 bits per heavy atom. The van der Waals surface area contributed by atoms with E-state index in [-0.39, 0.29) is 5.91 Å². The number of methoxy groups -OCH3 is 1. The van der Waals surface area contributed by atoms with Crippen LogP contribution in [0.2, 0.25) is 0 Å². The van der Waals surface area contributed by atoms with Crippen molar-refractivity contribution in [2.75, 3.05) is 32.1 Å². The third kappa shape index (κ3) is 6.23. The average Bonchev–Trinajstić information content (AvgIpc) is 3.28. The number of aryl methyl sites for hydroxylation is 2. The second-order valence-electron chi connectivity index (χ2n) is 6.71. The van der Waals surface area contributed by atoms with Gasteiger partial charge in [-0.15, -0.1) is 0 Å². The first-order valence-corrected chi connectivity index (χ1v) is 9.88. The summed E-state index contributed by atoms with van der Waals surface area (Å²) in [5, 5.41) is 6.16. The third-order valence-corrected chi connectivity index (χ3v) is 4.44. The molecule has 0 aliphatic rings. The highest BCUT2D eigenvalue weighted by atomic mass is 16.5. The van der Waals surface area contributed by atoms with E-state index >= 15 is 0 Å². The predicted molar refractivity (Wildman–Crippen MR) is 115 cm³/mol. The number of hydrogen-bond donors (Lipinski definition) is 2. The molecule has 0 saturated carbocycles. The molecule has 0 spiro atoms. The molecule has 0 bridgehead atoms. The molecule has 1 amide bonds. The van der Waals surface area contributed by atoms with Crippen molar-refractivity contribution in [2.45, 2.75) is 19.9 Å². The Balaban J connectivity index is 1.46. The van der Waals surface area contributed by atoms with E-state index in [0.29, 0.717) is 31.1 Å². The molecule has 0 radical (unpaired) electrons. The van der Waals surface area contributed by atoms with Crippen molar-refractivity contribution in [1.29, 1.82) is 0 Å². The van der Waals surface area contributed by atoms with Gasteiger partial charge in [-0.3, -0.25) is 4.79 Å². The highest BCUT2D eigenvalue weighted by Gasteiger charge is 2.12. The Kier molecular flexibility index (Phi) is 7.65. The van der Waals surface area contributed by atoms with E-state index in [2.05, 4.69) is 20.6 Å². The number of ether oxygens (including phenoxy) is 2. The molecule has 0 saturated heterocycles. The zero-order chi connectivity index (χ0) is 21.2. The number of carbonyl (C=O) groups excluding carboxylic acids is 1. The van der Waals surface area contributed by atoms with E-state index in [0.717, 1.165) is 30.2 Å². The molecule has 8 heteroatoms. The van der Waals surface area contributed by atoms with Gasteiger partial charge in [0.25, 0.3) is 5.91 Å². The van der Waals surface area contributed by atoms with Crippen LogP contribution in [0.25, 0.3) is 0 Å². The van der Waals surface area contributed by atoms with E-state index in [9.17, 15) is 4.79 Å². The van der Waals surface area contributed by atoms with Crippen LogP contribution in [0.1, 0.15) is 22.5 Å². The molecule has 0 atom stereocenters. The van der Waals surface area contributed by atoms with Crippen LogP contribution in [0.4, 0.5) is 5.82 Å². The second-order valence-corrected chi connectivity index (χ2v) is 6.71. The van der Waals surface area contributed by atoms with E-state index in [1.807, 2.05) is 48.0 Å². The highest BCUT2D eigenvalue weighted by molar-refractivity contribution is 5.98. The maximum Gasteiger partial charge on any atom is 0.255 e. The van der Waals surface area contributed by atoms with Gasteiger partial charge < -0.3 is 24.7 Å². The van der Waals surface area contributed by atoms with Crippen molar-refractivity contribution in [3.8, 4) is 11.5 Å². The van der Waals surface area contributed by atoms with Gasteiger partial charge in [-0.1, -0.05) is 0 Å². The first-order chi connectivity index (χ1) is 14.7. The quantitative estimate of drug-likeness (QED) is 0.473. The molecule has 0 aliphatic carbocycles. The number of imidazole rings is 1. The Hall–Kier alpha value is -3.55. The number of carbonyl (C=O) groups is 1. The molecule has 0 aliphatic heterocycles. The molecule has 8 nitrogen and oxygen atoms in total. The zero-order valence-corrected chi connectivity index (χ0v) is 17.3. The Labute approximate surface area is 176 Å². The van der Waals surface area contributed by atoms with Crippen LogP contribution >= 0.6 is 0 Å². The number of amides is 1. The summed E-state index contributed by atoms with van der Waals surface area (Å²) in [5.74, 6) is 1.90. The summed E-state index contributed by atoms with van der Waals surface area (Å²) < 4.78 is 12.8. The van der Waals surface area contributed by atoms with E-state index in [1.165, 1.54) is 0 Å². The number of nitrogens with one attached hydrogen (secondary N) is 2. The van der Waals surface area contributed by atoms with Crippen LogP contribution in [0.5, 0.6) is 11.5 Å². The van der Waals surface area contributed by atoms with Crippen molar-refractivity contribution in [2.24, 2.45) is 0 Å². The number of nitrogens with zero attached hydrogens (tertiary/aromatic N) is 3. The fourth-order valence-corrected chi connectivity index (χ4v) is 2.86. The number of benzene rings is 1. The average molecular weight is 409 g/mol. The fraction of sp³-hybridized carbons (Fsp3) is 0.318. The van der Waals surface area contributed by atoms with Gasteiger partial charge in [0.05, 0.1) is 25.5 Å². The summed E-state index contributed by atoms with van der Waals surface area (Å²) in [6, 6.07) is 10.9. The van der Waals surface area contributed by atoms with Gasteiger partial charge in [-0.2, -0.15) is 0 Å². The predicted octanol–water partition coefficient (Wildman–Crippen LogP) is 2.91. The minimum absolute atomic E-state index is 0.182. The minimum Gasteiger partial charge on any atom is -0.497 e. The number of anilines is 1. The molecule has 0 fully saturated rings. The van der Waals surface area contributed by atoms with Crippen molar-refractivity contribution in [3.63, 3.8) is 0 Å². The summed E-state index contributed by atoms with van der Waals surface area (Å²) in [5.41, 5.74) is 1.37. The Morgan fingerprint density at radius 3 is 2.63 bits per heavy atom. The van der Waals surface area contributed by atoms with Crippen LogP contribution in [0.15, 0.2) is 55.1 Å². The summed E-state index contributed by atoms with van der Waals surface area (Å²) in [6.45, 7) is 4.21. The number of rotatable bonds is 11. The van der Waals surface area contributed by atoms with Crippen molar-refractivity contribution in [3.05, 3.63) is 66.4 Å². The largest absolute Gasteiger partial charge is 0.497 e. The third-order valence-electron chi connectivity index (χ3n) is 4.44. The lowest BCUT2D eigenvalue weighted by Crippen LogP contribution is -2.29. The number of pyridine rings is 1. The van der Waals surface area contributed by atoms with Gasteiger partial charge in [-0.05, 0) is 49.7 Å². The lowest BCUT2D eigenvalue weighted by Gasteiger charge is -2.13. The topological polar surface area (TPSA) is 90.3 Å². The lowest BCUT2D eigenvalue weighted by atomic mass is 10.2. The van der Waals surface area contributed by atoms with E-state index < -0.39 is 0 Å². The Bertz CT molecular complexity index is 926. The summed E-state index contributed by atoms with van der Waals surface area (Å²) >= 11 is 0. The van der Waals surface area contributed by atoms with Gasteiger partial charge in [0.15, 0.2) is 0 Å². The van der Waals surface area contributed by atoms with Gasteiger partial charge >= 0.3 is 0 Å². The maximum atomic E-state index is 12.6. The monoisotopic (exact) mass is 409 g/mol. The van der Waals surface area contributed by atoms with Gasteiger partial charge in [0.1, 0.15) is 23.9 Å². The molecule has 30 heavy (non-hydrogen) atoms. The minimum atomic E-state index is -0.182. The first-order valence-electron chi connectivity index (χ1n) is 9.88. The molecule has 3 rings (SSSR count). The summed E-state index contributed by atoms with van der Waals surface area (Å²) in [4.78, 5) is 21.1. The summed E-state index contributed by atoms with van der Waals surface area (Å²) in [7, 11) is 1.62. The first kappa shape index (κ1) is 21.2. The molecular weight excluding hydrogens is 382 g/mol. The number of aromatic nitrogens is 3. The van der Waals surface area contributed by atoms with Crippen LogP contribution in [0, 0.1) is 6.92 Å². The molecule has 0 unspecified atom stereocenters. The van der Waals surface area contributed by atoms with Crippen LogP contribution in [0.3, 0.4) is 0 Å². The van der Waals surface area contributed by atoms with Crippen molar-refractivity contribution < 1.29 is 14.3 Å². The fourth-order valence-electron chi connectivity index (χ4n) is 2.86. The van der Waals surface area contributed by atoms with Crippen molar-refractivity contribution in [1.82, 2.24) is 19.9 Å². The van der Waals surface area contributed by atoms with Crippen LogP contribution < -0.4 is 20.1 Å². The second kappa shape index (κ2) is 10.8. The van der Waals surface area contributed by atoms with Gasteiger partial charge in [0, 0.05) is 31.2 Å². The van der Waals surface area contributed by atoms with Gasteiger partial charge in [0.2, 0.25) is 0 Å². The summed E-state index contributed by atoms with van der Waals surface area (Å²) in [6.07, 6.45) is 6.37. The molecule has 2 heterocycles. The van der Waals surface area contributed by atoms with E-state index in [4.69, 9.17) is 9.47 Å². The van der Waals surface area contributed by atoms with Crippen molar-refractivity contribution >= 4 is 11.7 Å². The SMILES string of the molecule is COc1ccc(OCCNC(=O)c2ccc(C)nc2NCCCn2ccnc2)cc1. The van der Waals surface area contributed by atoms with Crippen LogP contribution in [-0.4, -0.2) is 47.2 Å². The molecule has 2 aromatic heterocycles. The highest BCUT2D eigenvalue weighted by Crippen LogP contribution is 2.17. The molecule has 2 N–H and O–H groups in total. The Morgan fingerprint density at radius 1 is 1.10 bits per heavy atom. The maximum absolute atomic E-state index is 12.6. The zero-order valence-electron chi connectivity index (χ0n) is 17.3. The standard InChI is InChI=1S/C22H27N5O3/c1-17-4-9-20(21(26-17)24-10-3-13-27-14-11-23-16-27)22(28)25-12-15-30-19-7-5-18(29-2)6-8-19/h4-9,11,14,16H,3,10,12-13,15H2,1-2H3,(H,24,26)(H,25,28). The lowest BCUT2D eigenvalue weighted by molar-refractivity contribution is 0.0947. The molecule has 158 valence electrons. The molecule has 3 aromatic rings. The number of hydrogen-bond acceptors (Lipinski definition) is 6. The normalized spacial score (nSPS) is 10.5.